The summed E-state index contributed by atoms with van der Waals surface area (Å²) in [6.45, 7) is 9.06. The Kier molecular flexibility index (Phi) is 8.56. The summed E-state index contributed by atoms with van der Waals surface area (Å²) in [7, 11) is 0. The molecular formula is C33H35ClFN7O3. The number of hydrogen-bond acceptors (Lipinski definition) is 7. The fourth-order valence-electron chi connectivity index (χ4n) is 5.79. The molecule has 1 aliphatic heterocycles. The third kappa shape index (κ3) is 6.84. The molecule has 0 saturated carbocycles. The van der Waals surface area contributed by atoms with Crippen molar-refractivity contribution in [1.29, 1.82) is 0 Å². The van der Waals surface area contributed by atoms with Crippen LogP contribution in [0, 0.1) is 5.82 Å². The summed E-state index contributed by atoms with van der Waals surface area (Å²) >= 11 is 5.86. The number of piperidine rings is 1. The number of aromatic carboxylic acids is 1. The highest BCUT2D eigenvalue weighted by Crippen LogP contribution is 2.30. The minimum atomic E-state index is -0.980. The highest BCUT2D eigenvalue weighted by Gasteiger charge is 2.25. The molecule has 0 radical (unpaired) electrons. The first-order chi connectivity index (χ1) is 21.5. The smallest absolute Gasteiger partial charge is 0.335 e. The number of ether oxygens (including phenoxy) is 1. The van der Waals surface area contributed by atoms with Crippen LogP contribution in [0.4, 0.5) is 4.39 Å². The molecule has 0 amide bonds. The van der Waals surface area contributed by atoms with Crippen molar-refractivity contribution in [2.45, 2.75) is 64.8 Å². The van der Waals surface area contributed by atoms with Crippen molar-refractivity contribution in [2.24, 2.45) is 0 Å². The maximum absolute atomic E-state index is 14.2. The van der Waals surface area contributed by atoms with Gasteiger partial charge in [0.25, 0.3) is 0 Å². The molecule has 12 heteroatoms. The first-order valence-electron chi connectivity index (χ1n) is 14.9. The largest absolute Gasteiger partial charge is 0.478 e. The standard InChI is InChI=1S/C33H35ClFN7O3/c1-33(2,3)42-20-36-39-30(42)18-41-28-15-22(32(43)44)8-10-27(28)37-29(41)17-40-13-11-21(12-14-40)26-5-4-6-31(38-26)45-19-23-7-9-24(34)16-25(23)35/h4-10,15-16,20-21H,11-14,17-19H2,1-3H3,(H,43,44). The number of halogens is 2. The molecule has 1 N–H and O–H groups in total. The van der Waals surface area contributed by atoms with Crippen LogP contribution in [0.3, 0.4) is 0 Å². The molecular weight excluding hydrogens is 597 g/mol. The SMILES string of the molecule is CC(C)(C)n1cnnc1Cn1c(CN2CCC(c3cccc(OCc4ccc(Cl)cc4F)n3)CC2)nc2ccc(C(=O)O)cc21. The lowest BCUT2D eigenvalue weighted by Crippen LogP contribution is -2.34. The summed E-state index contributed by atoms with van der Waals surface area (Å²) in [6.07, 6.45) is 3.54. The van der Waals surface area contributed by atoms with Gasteiger partial charge in [-0.2, -0.15) is 0 Å². The highest BCUT2D eigenvalue weighted by molar-refractivity contribution is 6.30. The van der Waals surface area contributed by atoms with E-state index in [9.17, 15) is 14.3 Å². The van der Waals surface area contributed by atoms with E-state index in [1.54, 1.807) is 42.7 Å². The van der Waals surface area contributed by atoms with Crippen molar-refractivity contribution in [3.8, 4) is 5.88 Å². The van der Waals surface area contributed by atoms with Gasteiger partial charge in [-0.25, -0.2) is 19.2 Å². The summed E-state index contributed by atoms with van der Waals surface area (Å²) in [4.78, 5) is 23.8. The van der Waals surface area contributed by atoms with Crippen molar-refractivity contribution < 1.29 is 19.0 Å². The molecule has 0 unspecified atom stereocenters. The highest BCUT2D eigenvalue weighted by atomic mass is 35.5. The summed E-state index contributed by atoms with van der Waals surface area (Å²) in [5.41, 5.74) is 2.87. The van der Waals surface area contributed by atoms with Gasteiger partial charge in [0.1, 0.15) is 24.6 Å². The number of benzene rings is 2. The molecule has 45 heavy (non-hydrogen) atoms. The number of rotatable bonds is 9. The van der Waals surface area contributed by atoms with Crippen LogP contribution in [0.1, 0.15) is 72.8 Å². The Balaban J connectivity index is 1.16. The lowest BCUT2D eigenvalue weighted by Gasteiger charge is -2.31. The van der Waals surface area contributed by atoms with E-state index in [1.165, 1.54) is 6.07 Å². The molecule has 234 valence electrons. The van der Waals surface area contributed by atoms with Crippen LogP contribution in [0.5, 0.6) is 5.88 Å². The minimum absolute atomic E-state index is 0.0684. The minimum Gasteiger partial charge on any atom is -0.478 e. The fourth-order valence-corrected chi connectivity index (χ4v) is 5.95. The van der Waals surface area contributed by atoms with Gasteiger partial charge in [-0.15, -0.1) is 10.2 Å². The zero-order valence-electron chi connectivity index (χ0n) is 25.5. The van der Waals surface area contributed by atoms with Crippen LogP contribution in [0.25, 0.3) is 11.0 Å². The number of imidazole rings is 1. The zero-order valence-corrected chi connectivity index (χ0v) is 26.2. The summed E-state index contributed by atoms with van der Waals surface area (Å²) in [5.74, 6) is 0.956. The maximum Gasteiger partial charge on any atom is 0.335 e. The molecule has 5 aromatic rings. The summed E-state index contributed by atoms with van der Waals surface area (Å²) in [5, 5.41) is 18.5. The van der Waals surface area contributed by atoms with Crippen LogP contribution < -0.4 is 4.74 Å². The predicted octanol–water partition coefficient (Wildman–Crippen LogP) is 6.28. The lowest BCUT2D eigenvalue weighted by molar-refractivity contribution is 0.0697. The Morgan fingerprint density at radius 2 is 1.84 bits per heavy atom. The number of likely N-dealkylation sites (tertiary alicyclic amines) is 1. The Morgan fingerprint density at radius 3 is 2.58 bits per heavy atom. The Labute approximate surface area is 265 Å². The third-order valence-electron chi connectivity index (χ3n) is 8.22. The van der Waals surface area contributed by atoms with E-state index in [-0.39, 0.29) is 23.6 Å². The van der Waals surface area contributed by atoms with Crippen LogP contribution in [-0.2, 0) is 25.2 Å². The van der Waals surface area contributed by atoms with Crippen LogP contribution in [0.2, 0.25) is 5.02 Å². The molecule has 0 atom stereocenters. The molecule has 1 saturated heterocycles. The van der Waals surface area contributed by atoms with Gasteiger partial charge in [0, 0.05) is 33.8 Å². The van der Waals surface area contributed by atoms with Crippen LogP contribution in [0.15, 0.2) is 60.9 Å². The van der Waals surface area contributed by atoms with Crippen LogP contribution in [-0.4, -0.2) is 58.4 Å². The van der Waals surface area contributed by atoms with E-state index in [1.807, 2.05) is 16.7 Å². The molecule has 2 aromatic carbocycles. The lowest BCUT2D eigenvalue weighted by atomic mass is 9.93. The van der Waals surface area contributed by atoms with E-state index < -0.39 is 11.8 Å². The number of hydrogen-bond donors (Lipinski definition) is 1. The average molecular weight is 632 g/mol. The van der Waals surface area contributed by atoms with E-state index >= 15 is 0 Å². The van der Waals surface area contributed by atoms with Gasteiger partial charge >= 0.3 is 5.97 Å². The number of nitrogens with zero attached hydrogens (tertiary/aromatic N) is 7. The first kappa shape index (κ1) is 30.7. The Hall–Kier alpha value is -4.35. The maximum atomic E-state index is 14.2. The molecule has 1 aliphatic rings. The van der Waals surface area contributed by atoms with Gasteiger partial charge in [0.05, 0.1) is 29.7 Å². The van der Waals surface area contributed by atoms with Crippen molar-refractivity contribution in [3.05, 3.63) is 100 Å². The molecule has 0 spiro atoms. The Bertz CT molecular complexity index is 1840. The number of aromatic nitrogens is 6. The number of carboxylic acids is 1. The number of fused-ring (bicyclic) bond motifs is 1. The average Bonchev–Trinajstić information content (AvgIpc) is 3.62. The molecule has 6 rings (SSSR count). The molecule has 0 bridgehead atoms. The summed E-state index contributed by atoms with van der Waals surface area (Å²) < 4.78 is 24.1. The van der Waals surface area contributed by atoms with Crippen molar-refractivity contribution in [1.82, 2.24) is 34.2 Å². The molecule has 0 aliphatic carbocycles. The van der Waals surface area contributed by atoms with E-state index in [0.29, 0.717) is 29.6 Å². The van der Waals surface area contributed by atoms with Gasteiger partial charge in [0.15, 0.2) is 5.82 Å². The second-order valence-electron chi connectivity index (χ2n) is 12.4. The predicted molar refractivity (Wildman–Crippen MR) is 168 cm³/mol. The summed E-state index contributed by atoms with van der Waals surface area (Å²) in [6, 6.07) is 15.3. The van der Waals surface area contributed by atoms with E-state index in [4.69, 9.17) is 26.3 Å². The topological polar surface area (TPSA) is 111 Å². The first-order valence-corrected chi connectivity index (χ1v) is 15.3. The van der Waals surface area contributed by atoms with Crippen molar-refractivity contribution in [2.75, 3.05) is 13.1 Å². The molecule has 10 nitrogen and oxygen atoms in total. The normalized spacial score (nSPS) is 14.7. The van der Waals surface area contributed by atoms with Gasteiger partial charge in [-0.3, -0.25) is 4.90 Å². The van der Waals surface area contributed by atoms with Crippen molar-refractivity contribution in [3.63, 3.8) is 0 Å². The third-order valence-corrected chi connectivity index (χ3v) is 8.46. The second kappa shape index (κ2) is 12.6. The second-order valence-corrected chi connectivity index (χ2v) is 12.8. The number of pyridine rings is 1. The van der Waals surface area contributed by atoms with Crippen LogP contribution >= 0.6 is 11.6 Å². The fraction of sp³-hybridized carbons (Fsp3) is 0.364. The van der Waals surface area contributed by atoms with Gasteiger partial charge in [-0.05, 0) is 83.1 Å². The molecule has 4 heterocycles. The van der Waals surface area contributed by atoms with Gasteiger partial charge in [-0.1, -0.05) is 23.7 Å². The van der Waals surface area contributed by atoms with E-state index in [0.717, 1.165) is 54.3 Å². The Morgan fingerprint density at radius 1 is 1.04 bits per heavy atom. The van der Waals surface area contributed by atoms with Gasteiger partial charge in [0.2, 0.25) is 5.88 Å². The zero-order chi connectivity index (χ0) is 31.7. The number of carboxylic acid groups (broad SMARTS) is 1. The quantitative estimate of drug-likeness (QED) is 0.202. The van der Waals surface area contributed by atoms with Gasteiger partial charge < -0.3 is 19.0 Å². The number of carbonyl (C=O) groups is 1. The van der Waals surface area contributed by atoms with Crippen molar-refractivity contribution >= 4 is 28.6 Å². The molecule has 3 aromatic heterocycles. The monoisotopic (exact) mass is 631 g/mol. The molecule has 1 fully saturated rings. The van der Waals surface area contributed by atoms with E-state index in [2.05, 4.69) is 40.4 Å².